The van der Waals surface area contributed by atoms with Crippen LogP contribution in [0, 0.1) is 5.92 Å². The van der Waals surface area contributed by atoms with Crippen LogP contribution in [-0.2, 0) is 18.3 Å². The van der Waals surface area contributed by atoms with Crippen molar-refractivity contribution in [1.82, 2.24) is 14.9 Å². The number of nitrogens with one attached hydrogen (secondary N) is 1. The second-order valence-corrected chi connectivity index (χ2v) is 5.82. The number of aromatic nitrogens is 2. The highest BCUT2D eigenvalue weighted by molar-refractivity contribution is 5.86. The molecule has 1 aromatic rings. The third-order valence-electron chi connectivity index (χ3n) is 4.04. The van der Waals surface area contributed by atoms with E-state index in [1.165, 1.54) is 6.42 Å². The minimum absolute atomic E-state index is 0.00624. The fraction of sp³-hybridized carbons (Fsp3) is 0.714. The lowest BCUT2D eigenvalue weighted by Crippen LogP contribution is -2.56. The Morgan fingerprint density at radius 2 is 2.47 bits per heavy atom. The summed E-state index contributed by atoms with van der Waals surface area (Å²) in [7, 11) is 1.96. The van der Waals surface area contributed by atoms with E-state index in [2.05, 4.69) is 17.2 Å². The van der Waals surface area contributed by atoms with Crippen molar-refractivity contribution in [3.63, 3.8) is 0 Å². The molecule has 1 aliphatic carbocycles. The molecule has 0 saturated heterocycles. The van der Waals surface area contributed by atoms with E-state index in [-0.39, 0.29) is 5.91 Å². The van der Waals surface area contributed by atoms with E-state index in [0.29, 0.717) is 12.5 Å². The van der Waals surface area contributed by atoms with E-state index < -0.39 is 5.54 Å². The Morgan fingerprint density at radius 1 is 1.68 bits per heavy atom. The Morgan fingerprint density at radius 3 is 3.11 bits per heavy atom. The van der Waals surface area contributed by atoms with Gasteiger partial charge in [0, 0.05) is 32.4 Å². The fourth-order valence-electron chi connectivity index (χ4n) is 2.90. The summed E-state index contributed by atoms with van der Waals surface area (Å²) in [5, 5.41) is 2.96. The number of aryl methyl sites for hydroxylation is 1. The monoisotopic (exact) mass is 264 g/mol. The molecule has 0 aliphatic heterocycles. The van der Waals surface area contributed by atoms with Gasteiger partial charge in [0.2, 0.25) is 5.91 Å². The zero-order chi connectivity index (χ0) is 13.9. The van der Waals surface area contributed by atoms with Crippen molar-refractivity contribution in [1.29, 1.82) is 0 Å². The van der Waals surface area contributed by atoms with Crippen molar-refractivity contribution in [2.24, 2.45) is 18.7 Å². The predicted octanol–water partition coefficient (Wildman–Crippen LogP) is 0.986. The van der Waals surface area contributed by atoms with Crippen molar-refractivity contribution >= 4 is 5.91 Å². The average molecular weight is 264 g/mol. The molecule has 1 aliphatic rings. The Labute approximate surface area is 114 Å². The second-order valence-electron chi connectivity index (χ2n) is 5.82. The topological polar surface area (TPSA) is 72.9 Å². The first-order valence-corrected chi connectivity index (χ1v) is 7.05. The summed E-state index contributed by atoms with van der Waals surface area (Å²) in [6, 6.07) is 0. The molecule has 2 unspecified atom stereocenters. The smallest absolute Gasteiger partial charge is 0.240 e. The Kier molecular flexibility index (Phi) is 4.24. The number of hydrogen-bond donors (Lipinski definition) is 2. The van der Waals surface area contributed by atoms with E-state index in [1.807, 2.05) is 17.8 Å². The van der Waals surface area contributed by atoms with Crippen LogP contribution in [0.1, 0.15) is 38.4 Å². The van der Waals surface area contributed by atoms with Crippen LogP contribution in [-0.4, -0.2) is 27.5 Å². The number of hydrogen-bond acceptors (Lipinski definition) is 3. The van der Waals surface area contributed by atoms with Crippen LogP contribution in [0.3, 0.4) is 0 Å². The van der Waals surface area contributed by atoms with Gasteiger partial charge in [0.25, 0.3) is 0 Å². The van der Waals surface area contributed by atoms with Gasteiger partial charge in [-0.25, -0.2) is 4.98 Å². The Balaban J connectivity index is 1.82. The molecule has 0 aromatic carbocycles. The number of carbonyl (C=O) groups is 1. The van der Waals surface area contributed by atoms with Gasteiger partial charge in [-0.3, -0.25) is 4.79 Å². The van der Waals surface area contributed by atoms with Gasteiger partial charge in [0.15, 0.2) is 0 Å². The molecule has 1 saturated carbocycles. The van der Waals surface area contributed by atoms with Gasteiger partial charge < -0.3 is 15.6 Å². The molecular weight excluding hydrogens is 240 g/mol. The van der Waals surface area contributed by atoms with Crippen LogP contribution in [0.2, 0.25) is 0 Å². The molecule has 5 heteroatoms. The predicted molar refractivity (Wildman–Crippen MR) is 74.5 cm³/mol. The van der Waals surface area contributed by atoms with Gasteiger partial charge in [-0.1, -0.05) is 19.8 Å². The Bertz CT molecular complexity index is 442. The van der Waals surface area contributed by atoms with E-state index in [1.54, 1.807) is 6.20 Å². The van der Waals surface area contributed by atoms with Crippen molar-refractivity contribution in [3.8, 4) is 0 Å². The highest BCUT2D eigenvalue weighted by atomic mass is 16.2. The third-order valence-corrected chi connectivity index (χ3v) is 4.04. The van der Waals surface area contributed by atoms with Crippen LogP contribution in [0.15, 0.2) is 12.4 Å². The van der Waals surface area contributed by atoms with Crippen LogP contribution in [0.5, 0.6) is 0 Å². The highest BCUT2D eigenvalue weighted by Gasteiger charge is 2.37. The molecule has 0 radical (unpaired) electrons. The van der Waals surface area contributed by atoms with Crippen LogP contribution < -0.4 is 11.1 Å². The minimum Gasteiger partial charge on any atom is -0.354 e. The number of nitrogens with two attached hydrogens (primary N) is 1. The normalized spacial score (nSPS) is 27.2. The van der Waals surface area contributed by atoms with Gasteiger partial charge in [-0.05, 0) is 18.8 Å². The van der Waals surface area contributed by atoms with E-state index >= 15 is 0 Å². The largest absolute Gasteiger partial charge is 0.354 e. The quantitative estimate of drug-likeness (QED) is 0.851. The number of carbonyl (C=O) groups excluding carboxylic acids is 1. The van der Waals surface area contributed by atoms with Crippen molar-refractivity contribution < 1.29 is 4.79 Å². The van der Waals surface area contributed by atoms with Gasteiger partial charge in [-0.2, -0.15) is 0 Å². The summed E-state index contributed by atoms with van der Waals surface area (Å²) in [6.45, 7) is 2.76. The van der Waals surface area contributed by atoms with Crippen molar-refractivity contribution in [2.45, 2.75) is 44.6 Å². The molecule has 1 fully saturated rings. The van der Waals surface area contributed by atoms with Crippen LogP contribution in [0.4, 0.5) is 0 Å². The zero-order valence-corrected chi connectivity index (χ0v) is 11.9. The molecule has 19 heavy (non-hydrogen) atoms. The van der Waals surface area contributed by atoms with Gasteiger partial charge in [-0.15, -0.1) is 0 Å². The van der Waals surface area contributed by atoms with E-state index in [9.17, 15) is 4.79 Å². The Hall–Kier alpha value is -1.36. The summed E-state index contributed by atoms with van der Waals surface area (Å²) >= 11 is 0. The summed E-state index contributed by atoms with van der Waals surface area (Å²) in [6.07, 6.45) is 8.23. The maximum absolute atomic E-state index is 12.2. The molecule has 106 valence electrons. The lowest BCUT2D eigenvalue weighted by molar-refractivity contribution is -0.128. The standard InChI is InChI=1S/C14H24N4O/c1-11-4-3-6-14(15,10-11)13(19)17-7-5-12-16-8-9-18(12)2/h8-9,11H,3-7,10,15H2,1-2H3,(H,17,19). The summed E-state index contributed by atoms with van der Waals surface area (Å²) in [5.41, 5.74) is 5.58. The minimum atomic E-state index is -0.667. The lowest BCUT2D eigenvalue weighted by atomic mass is 9.76. The van der Waals surface area contributed by atoms with E-state index in [0.717, 1.165) is 31.5 Å². The maximum Gasteiger partial charge on any atom is 0.240 e. The summed E-state index contributed by atoms with van der Waals surface area (Å²) < 4.78 is 1.97. The maximum atomic E-state index is 12.2. The molecule has 3 N–H and O–H groups in total. The van der Waals surface area contributed by atoms with Crippen LogP contribution in [0.25, 0.3) is 0 Å². The molecule has 1 heterocycles. The molecule has 0 spiro atoms. The van der Waals surface area contributed by atoms with Gasteiger partial charge in [0.1, 0.15) is 5.82 Å². The number of amides is 1. The fourth-order valence-corrected chi connectivity index (χ4v) is 2.90. The molecular formula is C14H24N4O. The molecule has 1 aromatic heterocycles. The summed E-state index contributed by atoms with van der Waals surface area (Å²) in [4.78, 5) is 16.5. The SMILES string of the molecule is CC1CCCC(N)(C(=O)NCCc2nccn2C)C1. The first-order chi connectivity index (χ1) is 9.01. The molecule has 2 atom stereocenters. The van der Waals surface area contributed by atoms with E-state index in [4.69, 9.17) is 5.73 Å². The average Bonchev–Trinajstić information content (AvgIpc) is 2.75. The third kappa shape index (κ3) is 3.35. The van der Waals surface area contributed by atoms with Crippen LogP contribution >= 0.6 is 0 Å². The van der Waals surface area contributed by atoms with Gasteiger partial charge >= 0.3 is 0 Å². The molecule has 2 rings (SSSR count). The summed E-state index contributed by atoms with van der Waals surface area (Å²) in [5.74, 6) is 1.51. The number of imidazole rings is 1. The van der Waals surface area contributed by atoms with Gasteiger partial charge in [0.05, 0.1) is 5.54 Å². The lowest BCUT2D eigenvalue weighted by Gasteiger charge is -2.35. The number of rotatable bonds is 4. The number of nitrogens with zero attached hydrogens (tertiary/aromatic N) is 2. The molecule has 0 bridgehead atoms. The highest BCUT2D eigenvalue weighted by Crippen LogP contribution is 2.30. The molecule has 1 amide bonds. The molecule has 5 nitrogen and oxygen atoms in total. The first kappa shape index (κ1) is 14.1. The van der Waals surface area contributed by atoms with Crippen molar-refractivity contribution in [2.75, 3.05) is 6.54 Å². The first-order valence-electron chi connectivity index (χ1n) is 7.05. The second kappa shape index (κ2) is 5.74. The zero-order valence-electron chi connectivity index (χ0n) is 11.9. The van der Waals surface area contributed by atoms with Crippen molar-refractivity contribution in [3.05, 3.63) is 18.2 Å².